The molecule has 3 heteroatoms. The van der Waals surface area contributed by atoms with Crippen molar-refractivity contribution in [2.24, 2.45) is 0 Å². The zero-order valence-electron chi connectivity index (χ0n) is 30.0. The second-order valence-electron chi connectivity index (χ2n) is 11.8. The van der Waals surface area contributed by atoms with Gasteiger partial charge >= 0.3 is 0 Å². The first-order valence-electron chi connectivity index (χ1n) is 18.1. The topological polar surface area (TPSA) is 29.0 Å². The first-order valence-corrected chi connectivity index (χ1v) is 15.6. The highest BCUT2D eigenvalue weighted by atomic mass is 15.2. The lowest BCUT2D eigenvalue weighted by atomic mass is 9.87. The van der Waals surface area contributed by atoms with Gasteiger partial charge in [-0.05, 0) is 63.5 Å². The van der Waals surface area contributed by atoms with Crippen LogP contribution in [0.1, 0.15) is 6.85 Å². The average Bonchev–Trinajstić information content (AvgIpc) is 3.19. The zero-order chi connectivity index (χ0) is 35.2. The van der Waals surface area contributed by atoms with Gasteiger partial charge in [-0.2, -0.15) is 0 Å². The van der Waals surface area contributed by atoms with Crippen LogP contribution in [-0.2, 0) is 0 Å². The average molecular weight is 603 g/mol. The standard InChI is InChI=1S/C44H27N3/c1-2-13-30(14-3-1)43-44(46-37-22-9-8-21-36(37)45-43)34-25-27-38(33-19-7-6-18-32(33)34)47-39-23-11-16-29-15-10-20-35(41(29)39)42-31-17-5-4-12-28(31)24-26-40(42)47/h1-27H/i1D,2D,3D,13D,14D. The van der Waals surface area contributed by atoms with Gasteiger partial charge in [0.25, 0.3) is 0 Å². The molecule has 0 aliphatic carbocycles. The Bertz CT molecular complexity index is 2960. The van der Waals surface area contributed by atoms with Gasteiger partial charge in [0.15, 0.2) is 0 Å². The molecular formula is C44H27N3. The van der Waals surface area contributed by atoms with Gasteiger partial charge in [0.2, 0.25) is 0 Å². The number of fused-ring (bicyclic) bond motifs is 6. The third-order valence-corrected chi connectivity index (χ3v) is 9.25. The molecule has 0 bridgehead atoms. The van der Waals surface area contributed by atoms with Crippen LogP contribution in [0.5, 0.6) is 0 Å². The molecular weight excluding hydrogens is 571 g/mol. The molecule has 0 N–H and O–H groups in total. The van der Waals surface area contributed by atoms with Crippen LogP contribution in [-0.4, -0.2) is 9.97 Å². The maximum Gasteiger partial charge on any atom is 0.0979 e. The minimum absolute atomic E-state index is 0.0209. The fourth-order valence-corrected chi connectivity index (χ4v) is 7.25. The lowest BCUT2D eigenvalue weighted by Crippen LogP contribution is -2.15. The summed E-state index contributed by atoms with van der Waals surface area (Å²) >= 11 is 0. The Balaban J connectivity index is 1.28. The molecule has 0 fully saturated rings. The van der Waals surface area contributed by atoms with Crippen molar-refractivity contribution in [1.29, 1.82) is 0 Å². The molecule has 0 saturated heterocycles. The Morgan fingerprint density at radius 3 is 1.94 bits per heavy atom. The highest BCUT2D eigenvalue weighted by Gasteiger charge is 2.29. The van der Waals surface area contributed by atoms with E-state index in [-0.39, 0.29) is 23.3 Å². The number of rotatable bonds is 3. The van der Waals surface area contributed by atoms with Crippen LogP contribution in [0.15, 0.2) is 164 Å². The number of hydrogen-bond acceptors (Lipinski definition) is 3. The van der Waals surface area contributed by atoms with Gasteiger partial charge in [0.1, 0.15) is 0 Å². The number of aromatic nitrogens is 2. The second-order valence-corrected chi connectivity index (χ2v) is 11.8. The van der Waals surface area contributed by atoms with E-state index in [0.717, 1.165) is 38.8 Å². The van der Waals surface area contributed by atoms with Crippen molar-refractivity contribution in [3.63, 3.8) is 0 Å². The molecule has 0 amide bonds. The number of benzene rings is 8. The Morgan fingerprint density at radius 2 is 1.11 bits per heavy atom. The Labute approximate surface area is 279 Å². The van der Waals surface area contributed by atoms with Crippen LogP contribution in [0, 0.1) is 0 Å². The first-order chi connectivity index (χ1) is 25.4. The van der Waals surface area contributed by atoms with Crippen molar-refractivity contribution >= 4 is 60.4 Å². The second kappa shape index (κ2) is 10.1. The zero-order valence-corrected chi connectivity index (χ0v) is 25.0. The summed E-state index contributed by atoms with van der Waals surface area (Å²) in [5.74, 6) is 0. The van der Waals surface area contributed by atoms with E-state index in [0.29, 0.717) is 16.7 Å². The Morgan fingerprint density at radius 1 is 0.447 bits per heavy atom. The number of nitrogens with zero attached hydrogens (tertiary/aromatic N) is 3. The molecule has 0 atom stereocenters. The van der Waals surface area contributed by atoms with Crippen molar-refractivity contribution in [2.45, 2.75) is 0 Å². The highest BCUT2D eigenvalue weighted by Crippen LogP contribution is 2.54. The van der Waals surface area contributed by atoms with Crippen LogP contribution in [0.4, 0.5) is 17.1 Å². The summed E-state index contributed by atoms with van der Waals surface area (Å²) in [5, 5.41) is 6.57. The van der Waals surface area contributed by atoms with Gasteiger partial charge in [0.05, 0.1) is 46.3 Å². The van der Waals surface area contributed by atoms with E-state index in [2.05, 4.69) is 95.9 Å². The molecule has 0 saturated carbocycles. The monoisotopic (exact) mass is 602 g/mol. The van der Waals surface area contributed by atoms with E-state index >= 15 is 0 Å². The third-order valence-electron chi connectivity index (χ3n) is 9.25. The molecule has 8 aromatic carbocycles. The molecule has 10 rings (SSSR count). The smallest absolute Gasteiger partial charge is 0.0979 e. The van der Waals surface area contributed by atoms with Gasteiger partial charge in [-0.15, -0.1) is 0 Å². The van der Waals surface area contributed by atoms with Crippen molar-refractivity contribution in [2.75, 3.05) is 4.90 Å². The van der Waals surface area contributed by atoms with Crippen LogP contribution in [0.3, 0.4) is 0 Å². The largest absolute Gasteiger partial charge is 0.309 e. The molecule has 3 nitrogen and oxygen atoms in total. The van der Waals surface area contributed by atoms with Crippen molar-refractivity contribution in [3.8, 4) is 33.6 Å². The molecule has 0 radical (unpaired) electrons. The van der Waals surface area contributed by atoms with E-state index in [9.17, 15) is 0 Å². The SMILES string of the molecule is [2H]c1c([2H])c([2H])c(-c2nc3ccccc3nc2-c2ccc(N3c4ccc5ccccc5c4-c4cccc5cccc3c45)c3ccccc23)c([2H])c1[2H]. The van der Waals surface area contributed by atoms with Crippen LogP contribution >= 0.6 is 0 Å². The summed E-state index contributed by atoms with van der Waals surface area (Å²) in [6.07, 6.45) is 0. The van der Waals surface area contributed by atoms with Crippen LogP contribution < -0.4 is 4.90 Å². The molecule has 0 unspecified atom stereocenters. The number of para-hydroxylation sites is 2. The molecule has 9 aromatic rings. The van der Waals surface area contributed by atoms with Gasteiger partial charge < -0.3 is 4.90 Å². The highest BCUT2D eigenvalue weighted by molar-refractivity contribution is 6.21. The predicted molar refractivity (Wildman–Crippen MR) is 197 cm³/mol. The minimum Gasteiger partial charge on any atom is -0.309 e. The van der Waals surface area contributed by atoms with Crippen molar-refractivity contribution in [3.05, 3.63) is 164 Å². The van der Waals surface area contributed by atoms with E-state index in [1.165, 1.54) is 27.3 Å². The van der Waals surface area contributed by atoms with E-state index in [1.54, 1.807) is 0 Å². The van der Waals surface area contributed by atoms with Gasteiger partial charge in [-0.1, -0.05) is 127 Å². The van der Waals surface area contributed by atoms with Crippen molar-refractivity contribution in [1.82, 2.24) is 9.97 Å². The fourth-order valence-electron chi connectivity index (χ4n) is 7.25. The molecule has 0 spiro atoms. The Hall–Kier alpha value is -6.32. The summed E-state index contributed by atoms with van der Waals surface area (Å²) < 4.78 is 42.8. The summed E-state index contributed by atoms with van der Waals surface area (Å²) in [4.78, 5) is 12.4. The van der Waals surface area contributed by atoms with E-state index < -0.39 is 18.1 Å². The van der Waals surface area contributed by atoms with Crippen molar-refractivity contribution < 1.29 is 6.85 Å². The maximum atomic E-state index is 8.86. The maximum absolute atomic E-state index is 8.86. The normalized spacial score (nSPS) is 13.7. The summed E-state index contributed by atoms with van der Waals surface area (Å²) in [6.45, 7) is 0. The lowest BCUT2D eigenvalue weighted by molar-refractivity contribution is 1.29. The summed E-state index contributed by atoms with van der Waals surface area (Å²) in [7, 11) is 0. The van der Waals surface area contributed by atoms with E-state index in [4.69, 9.17) is 16.8 Å². The predicted octanol–water partition coefficient (Wildman–Crippen LogP) is 11.9. The van der Waals surface area contributed by atoms with Gasteiger partial charge in [-0.25, -0.2) is 9.97 Å². The number of anilines is 3. The van der Waals surface area contributed by atoms with Crippen LogP contribution in [0.25, 0.3) is 77.0 Å². The van der Waals surface area contributed by atoms with Gasteiger partial charge in [-0.3, -0.25) is 0 Å². The molecule has 2 heterocycles. The number of hydrogen-bond donors (Lipinski definition) is 0. The fraction of sp³-hybridized carbons (Fsp3) is 0. The van der Waals surface area contributed by atoms with E-state index in [1.807, 2.05) is 42.5 Å². The van der Waals surface area contributed by atoms with Crippen LogP contribution in [0.2, 0.25) is 0 Å². The third kappa shape index (κ3) is 3.87. The summed E-state index contributed by atoms with van der Waals surface area (Å²) in [6, 6.07) is 43.7. The molecule has 1 aliphatic rings. The molecule has 1 aliphatic heterocycles. The Kier molecular flexibility index (Phi) is 4.60. The lowest BCUT2D eigenvalue weighted by Gasteiger charge is -2.35. The van der Waals surface area contributed by atoms with Gasteiger partial charge in [0, 0.05) is 27.5 Å². The first kappa shape index (κ1) is 21.4. The molecule has 1 aromatic heterocycles. The summed E-state index contributed by atoms with van der Waals surface area (Å²) in [5.41, 5.74) is 8.18. The molecule has 47 heavy (non-hydrogen) atoms. The minimum atomic E-state index is -0.449. The molecule has 218 valence electrons. The quantitative estimate of drug-likeness (QED) is 0.201.